The largest absolute Gasteiger partial charge is 0.507 e. The number of Topliss-reactive ketones (excluding diaryl/α,β-unsaturated/α-hetero) is 1. The number of nitrogens with one attached hydrogen (secondary N) is 1. The molecule has 1 spiro atoms. The molecule has 9 atom stereocenters. The third-order valence-corrected chi connectivity index (χ3v) is 12.9. The van der Waals surface area contributed by atoms with Crippen molar-refractivity contribution in [2.45, 2.75) is 123 Å². The molecule has 316 valence electrons. The van der Waals surface area contributed by atoms with Crippen LogP contribution >= 0.6 is 0 Å². The molecular weight excluding hydrogens is 745 g/mol. The van der Waals surface area contributed by atoms with Crippen molar-refractivity contribution in [1.29, 1.82) is 0 Å². The molecule has 0 radical (unpaired) electrons. The number of allylic oxidation sites excluding steroid dienone is 2. The molecule has 0 aromatic heterocycles. The second kappa shape index (κ2) is 15.7. The van der Waals surface area contributed by atoms with Gasteiger partial charge in [0.05, 0.1) is 47.0 Å². The topological polar surface area (TPSA) is 203 Å². The summed E-state index contributed by atoms with van der Waals surface area (Å²) >= 11 is 0. The van der Waals surface area contributed by atoms with Crippen LogP contribution in [-0.4, -0.2) is 104 Å². The first-order chi connectivity index (χ1) is 27.1. The van der Waals surface area contributed by atoms with E-state index in [1.54, 1.807) is 65.8 Å². The molecule has 0 unspecified atom stereocenters. The molecule has 6 rings (SSSR count). The lowest BCUT2D eigenvalue weighted by Gasteiger charge is -2.42. The number of nitrogens with zero attached hydrogens (tertiary/aromatic N) is 3. The molecule has 4 bridgehead atoms. The summed E-state index contributed by atoms with van der Waals surface area (Å²) in [7, 11) is 1.47. The monoisotopic (exact) mass is 804 g/mol. The van der Waals surface area contributed by atoms with Gasteiger partial charge in [0, 0.05) is 85.7 Å². The Bertz CT molecular complexity index is 2200. The number of hydrogen-bond acceptors (Lipinski definition) is 13. The summed E-state index contributed by atoms with van der Waals surface area (Å²) in [5.74, 6) is -6.21. The number of anilines is 1. The maximum absolute atomic E-state index is 14.6. The van der Waals surface area contributed by atoms with Crippen LogP contribution in [0.5, 0.6) is 17.2 Å². The number of carbonyl (C=O) groups is 2. The number of fused-ring (bicyclic) bond motifs is 1. The molecule has 14 heteroatoms. The molecular formula is C44H60N4O10. The molecule has 1 amide bonds. The predicted octanol–water partition coefficient (Wildman–Crippen LogP) is 4.32. The number of ketones is 1. The number of ether oxygens (including phenoxy) is 3. The molecule has 1 fully saturated rings. The van der Waals surface area contributed by atoms with Crippen molar-refractivity contribution in [2.75, 3.05) is 25.5 Å². The number of aromatic hydroxyl groups is 2. The van der Waals surface area contributed by atoms with E-state index >= 15 is 0 Å². The lowest BCUT2D eigenvalue weighted by molar-refractivity contribution is -0.112. The maximum atomic E-state index is 14.6. The average molecular weight is 805 g/mol. The number of piperidine rings is 1. The van der Waals surface area contributed by atoms with Crippen LogP contribution in [0.15, 0.2) is 46.1 Å². The Morgan fingerprint density at radius 2 is 1.48 bits per heavy atom. The standard InChI is InChI=1S/C44H60N4O10/c1-21-13-12-14-22(2)41(55)45-33-32-31(46-44(47-32)16-18-48(19-17-44)42(7,8)9)28-29(38(33)53)37(52)26(6)39-30(28)40(54)43(10,58-39)57-20-15-27(56-11)23(3)35(50)25(5)36(51)24(4)34(21)49/h12-15,20-21,23-25,27,34-36,49-53H,16-19H2,1-11H3,(H,45,55)/t21-,23+,24+,25-,27-,34-,35+,36+,43-/m0/s1. The van der Waals surface area contributed by atoms with Gasteiger partial charge in [0.25, 0.3) is 11.7 Å². The van der Waals surface area contributed by atoms with E-state index < -0.39 is 77.0 Å². The first-order valence-corrected chi connectivity index (χ1v) is 20.2. The van der Waals surface area contributed by atoms with Crippen molar-refractivity contribution >= 4 is 28.2 Å². The van der Waals surface area contributed by atoms with Gasteiger partial charge in [0.15, 0.2) is 11.4 Å². The van der Waals surface area contributed by atoms with Crippen LogP contribution in [0, 0.1) is 30.6 Å². The second-order valence-electron chi connectivity index (χ2n) is 17.8. The predicted molar refractivity (Wildman–Crippen MR) is 218 cm³/mol. The molecule has 58 heavy (non-hydrogen) atoms. The third-order valence-electron chi connectivity index (χ3n) is 12.9. The molecule has 0 saturated carbocycles. The van der Waals surface area contributed by atoms with Gasteiger partial charge in [-0.05, 0) is 40.7 Å². The van der Waals surface area contributed by atoms with Crippen LogP contribution in [0.3, 0.4) is 0 Å². The number of rotatable bonds is 1. The number of benzene rings is 2. The van der Waals surface area contributed by atoms with Gasteiger partial charge in [-0.15, -0.1) is 0 Å². The lowest BCUT2D eigenvalue weighted by atomic mass is 9.78. The summed E-state index contributed by atoms with van der Waals surface area (Å²) < 4.78 is 18.0. The van der Waals surface area contributed by atoms with E-state index in [1.165, 1.54) is 20.3 Å². The molecule has 2 aromatic rings. The normalized spacial score (nSPS) is 32.1. The number of aliphatic hydroxyl groups excluding tert-OH is 3. The minimum atomic E-state index is -1.93. The zero-order valence-corrected chi connectivity index (χ0v) is 35.5. The lowest BCUT2D eigenvalue weighted by Crippen LogP contribution is -2.50. The minimum absolute atomic E-state index is 0.0461. The van der Waals surface area contributed by atoms with Crippen LogP contribution in [0.4, 0.5) is 5.69 Å². The summed E-state index contributed by atoms with van der Waals surface area (Å²) in [5.41, 5.74) is -0.635. The number of hydrogen-bond donors (Lipinski definition) is 6. The van der Waals surface area contributed by atoms with Crippen molar-refractivity contribution in [3.63, 3.8) is 0 Å². The van der Waals surface area contributed by atoms with Gasteiger partial charge >= 0.3 is 5.79 Å². The highest BCUT2D eigenvalue weighted by atomic mass is 16.7. The van der Waals surface area contributed by atoms with Crippen LogP contribution in [0.1, 0.15) is 91.1 Å². The van der Waals surface area contributed by atoms with Crippen LogP contribution in [-0.2, 0) is 14.3 Å². The highest BCUT2D eigenvalue weighted by Crippen LogP contribution is 2.50. The fourth-order valence-electron chi connectivity index (χ4n) is 8.73. The van der Waals surface area contributed by atoms with Crippen LogP contribution in [0.25, 0.3) is 10.8 Å². The highest BCUT2D eigenvalue weighted by molar-refractivity contribution is 6.19. The number of amides is 1. The van der Waals surface area contributed by atoms with Gasteiger partial charge in [-0.25, -0.2) is 0 Å². The summed E-state index contributed by atoms with van der Waals surface area (Å²) in [6.07, 6.45) is 4.92. The Kier molecular flexibility index (Phi) is 11.7. The van der Waals surface area contributed by atoms with Crippen molar-refractivity contribution in [1.82, 2.24) is 4.90 Å². The molecule has 4 aliphatic rings. The smallest absolute Gasteiger partial charge is 0.312 e. The van der Waals surface area contributed by atoms with Gasteiger partial charge < -0.3 is 45.1 Å². The van der Waals surface area contributed by atoms with Crippen molar-refractivity contribution < 1.29 is 49.3 Å². The molecule has 4 aliphatic heterocycles. The first-order valence-electron chi connectivity index (χ1n) is 20.2. The summed E-state index contributed by atoms with van der Waals surface area (Å²) in [4.78, 5) is 41.1. The van der Waals surface area contributed by atoms with E-state index in [0.29, 0.717) is 25.9 Å². The Morgan fingerprint density at radius 3 is 2.10 bits per heavy atom. The van der Waals surface area contributed by atoms with Gasteiger partial charge in [0.2, 0.25) is 0 Å². The zero-order valence-electron chi connectivity index (χ0n) is 35.5. The number of likely N-dealkylation sites (tertiary alicyclic amines) is 1. The number of methoxy groups -OCH3 is 1. The highest BCUT2D eigenvalue weighted by Gasteiger charge is 2.50. The third kappa shape index (κ3) is 7.42. The van der Waals surface area contributed by atoms with E-state index in [1.807, 2.05) is 0 Å². The molecule has 2 aromatic carbocycles. The zero-order chi connectivity index (χ0) is 42.8. The Balaban J connectivity index is 1.55. The summed E-state index contributed by atoms with van der Waals surface area (Å²) in [6.45, 7) is 19.4. The van der Waals surface area contributed by atoms with E-state index in [2.05, 4.69) is 31.0 Å². The minimum Gasteiger partial charge on any atom is -0.507 e. The molecule has 4 heterocycles. The van der Waals surface area contributed by atoms with E-state index in [4.69, 9.17) is 24.2 Å². The van der Waals surface area contributed by atoms with E-state index in [-0.39, 0.29) is 60.9 Å². The molecule has 14 nitrogen and oxygen atoms in total. The van der Waals surface area contributed by atoms with Crippen LogP contribution < -0.4 is 20.8 Å². The SMILES string of the molecule is CO[C@H]1C=CO[C@@]2(C)Oc3c(C)c(O)c4c(O)c(c5c(c4c3C2=O)=NC2(CCN(C(C)(C)C)CC2)N=5)NC(=O)C(C)=CC=C[C@H](C)[C@H](O)[C@@H](C)[C@@H](O)[C@@H](C)[C@H](O)[C@@H]1C. The molecule has 6 N–H and O–H groups in total. The van der Waals surface area contributed by atoms with Gasteiger partial charge in [-0.1, -0.05) is 45.9 Å². The van der Waals surface area contributed by atoms with Gasteiger partial charge in [-0.3, -0.25) is 24.5 Å². The van der Waals surface area contributed by atoms with Crippen LogP contribution in [0.2, 0.25) is 0 Å². The van der Waals surface area contributed by atoms with E-state index in [9.17, 15) is 35.1 Å². The summed E-state index contributed by atoms with van der Waals surface area (Å²) in [5, 5.41) is 61.1. The van der Waals surface area contributed by atoms with Crippen molar-refractivity contribution in [2.24, 2.45) is 33.7 Å². The summed E-state index contributed by atoms with van der Waals surface area (Å²) in [6, 6.07) is 0. The fraction of sp³-hybridized carbons (Fsp3) is 0.591. The maximum Gasteiger partial charge on any atom is 0.312 e. The van der Waals surface area contributed by atoms with Crippen molar-refractivity contribution in [3.8, 4) is 17.2 Å². The quantitative estimate of drug-likeness (QED) is 0.224. The van der Waals surface area contributed by atoms with E-state index in [0.717, 1.165) is 0 Å². The Morgan fingerprint density at radius 1 is 0.879 bits per heavy atom. The first kappa shape index (κ1) is 43.2. The number of carbonyl (C=O) groups excluding carboxylic acids is 2. The van der Waals surface area contributed by atoms with Crippen molar-refractivity contribution in [3.05, 3.63) is 58.0 Å². The number of phenolic OH excluding ortho intramolecular Hbond substituents is 2. The number of phenols is 2. The average Bonchev–Trinajstić information content (AvgIpc) is 3.67. The fourth-order valence-corrected chi connectivity index (χ4v) is 8.73. The molecule has 0 aliphatic carbocycles. The van der Waals surface area contributed by atoms with Gasteiger partial charge in [-0.2, -0.15) is 0 Å². The van der Waals surface area contributed by atoms with Gasteiger partial charge in [0.1, 0.15) is 22.5 Å². The Labute approximate surface area is 339 Å². The second-order valence-corrected chi connectivity index (χ2v) is 17.8. The number of aliphatic hydroxyl groups is 3. The Hall–Kier alpha value is -4.34. The molecule has 1 saturated heterocycles.